The zero-order valence-corrected chi connectivity index (χ0v) is 8.10. The Morgan fingerprint density at radius 3 is 3.07 bits per heavy atom. The first-order valence-electron chi connectivity index (χ1n) is 4.89. The molecule has 0 spiro atoms. The molecule has 2 aromatic heterocycles. The average molecular weight is 188 g/mol. The molecular weight excluding hydrogens is 176 g/mol. The van der Waals surface area contributed by atoms with Crippen molar-refractivity contribution in [3.63, 3.8) is 0 Å². The van der Waals surface area contributed by atoms with Crippen molar-refractivity contribution >= 4 is 5.65 Å². The van der Waals surface area contributed by atoms with Gasteiger partial charge in [-0.25, -0.2) is 4.98 Å². The van der Waals surface area contributed by atoms with E-state index < -0.39 is 0 Å². The Morgan fingerprint density at radius 2 is 2.36 bits per heavy atom. The lowest BCUT2D eigenvalue weighted by Crippen LogP contribution is -1.94. The van der Waals surface area contributed by atoms with E-state index in [9.17, 15) is 0 Å². The Morgan fingerprint density at radius 1 is 1.50 bits per heavy atom. The molecule has 1 aliphatic carbocycles. The molecule has 1 fully saturated rings. The minimum Gasteiger partial charge on any atom is -0.496 e. The van der Waals surface area contributed by atoms with E-state index in [1.807, 2.05) is 18.5 Å². The summed E-state index contributed by atoms with van der Waals surface area (Å²) in [4.78, 5) is 4.23. The molecule has 2 heterocycles. The molecule has 3 heteroatoms. The van der Waals surface area contributed by atoms with E-state index in [-0.39, 0.29) is 0 Å². The molecule has 0 amide bonds. The smallest absolute Gasteiger partial charge is 0.140 e. The summed E-state index contributed by atoms with van der Waals surface area (Å²) in [5, 5.41) is 0. The fourth-order valence-corrected chi connectivity index (χ4v) is 1.84. The zero-order valence-electron chi connectivity index (χ0n) is 8.10. The predicted octanol–water partition coefficient (Wildman–Crippen LogP) is 2.22. The van der Waals surface area contributed by atoms with Crippen molar-refractivity contribution in [1.29, 1.82) is 0 Å². The third-order valence-electron chi connectivity index (χ3n) is 2.76. The van der Waals surface area contributed by atoms with Crippen molar-refractivity contribution in [3.05, 3.63) is 30.2 Å². The van der Waals surface area contributed by atoms with Crippen molar-refractivity contribution in [2.75, 3.05) is 7.11 Å². The molecule has 0 bridgehead atoms. The van der Waals surface area contributed by atoms with Gasteiger partial charge in [0, 0.05) is 30.2 Å². The number of ether oxygens (including phenoxy) is 1. The molecule has 1 saturated carbocycles. The van der Waals surface area contributed by atoms with E-state index in [0.29, 0.717) is 5.92 Å². The number of methoxy groups -OCH3 is 1. The highest BCUT2D eigenvalue weighted by Crippen LogP contribution is 2.44. The maximum atomic E-state index is 5.37. The number of rotatable bonds is 2. The van der Waals surface area contributed by atoms with Crippen molar-refractivity contribution in [2.45, 2.75) is 18.8 Å². The summed E-state index contributed by atoms with van der Waals surface area (Å²) in [6.45, 7) is 0. The zero-order chi connectivity index (χ0) is 9.54. The van der Waals surface area contributed by atoms with E-state index >= 15 is 0 Å². The Bertz CT molecular complexity index is 471. The number of hydrogen-bond donors (Lipinski definition) is 0. The predicted molar refractivity (Wildman–Crippen MR) is 53.7 cm³/mol. The van der Waals surface area contributed by atoms with Crippen molar-refractivity contribution in [3.8, 4) is 5.75 Å². The molecule has 0 aliphatic heterocycles. The number of hydrogen-bond acceptors (Lipinski definition) is 2. The lowest BCUT2D eigenvalue weighted by Gasteiger charge is -2.07. The lowest BCUT2D eigenvalue weighted by atomic mass is 10.1. The van der Waals surface area contributed by atoms with Crippen LogP contribution in [0.2, 0.25) is 0 Å². The standard InChI is InChI=1S/C11H12N2O/c1-14-10-6-11-12-4-5-13(11)7-9(10)8-2-3-8/h4-8H,2-3H2,1H3. The van der Waals surface area contributed by atoms with Crippen LogP contribution in [0, 0.1) is 0 Å². The minimum atomic E-state index is 0.705. The SMILES string of the molecule is COc1cc2nccn2cc1C1CC1. The van der Waals surface area contributed by atoms with E-state index in [4.69, 9.17) is 4.74 Å². The number of nitrogens with zero attached hydrogens (tertiary/aromatic N) is 2. The van der Waals surface area contributed by atoms with Gasteiger partial charge in [-0.05, 0) is 18.8 Å². The second kappa shape index (κ2) is 2.74. The summed E-state index contributed by atoms with van der Waals surface area (Å²) in [6.07, 6.45) is 8.50. The number of aromatic nitrogens is 2. The molecule has 0 unspecified atom stereocenters. The average Bonchev–Trinajstić information content (AvgIpc) is 2.95. The lowest BCUT2D eigenvalue weighted by molar-refractivity contribution is 0.409. The number of imidazole rings is 1. The second-order valence-electron chi connectivity index (χ2n) is 3.76. The normalized spacial score (nSPS) is 16.1. The van der Waals surface area contributed by atoms with Crippen LogP contribution < -0.4 is 4.74 Å². The van der Waals surface area contributed by atoms with Gasteiger partial charge in [-0.3, -0.25) is 0 Å². The van der Waals surface area contributed by atoms with Crippen LogP contribution in [-0.4, -0.2) is 16.5 Å². The second-order valence-corrected chi connectivity index (χ2v) is 3.76. The first-order valence-corrected chi connectivity index (χ1v) is 4.89. The van der Waals surface area contributed by atoms with Gasteiger partial charge in [0.1, 0.15) is 11.4 Å². The summed E-state index contributed by atoms with van der Waals surface area (Å²) in [5.41, 5.74) is 2.27. The van der Waals surface area contributed by atoms with Gasteiger partial charge >= 0.3 is 0 Å². The van der Waals surface area contributed by atoms with Crippen molar-refractivity contribution in [2.24, 2.45) is 0 Å². The molecule has 2 aromatic rings. The van der Waals surface area contributed by atoms with Crippen LogP contribution in [-0.2, 0) is 0 Å². The Labute approximate surface area is 82.3 Å². The summed E-state index contributed by atoms with van der Waals surface area (Å²) in [6, 6.07) is 2.01. The Kier molecular flexibility index (Phi) is 1.54. The highest BCUT2D eigenvalue weighted by atomic mass is 16.5. The summed E-state index contributed by atoms with van der Waals surface area (Å²) in [7, 11) is 1.72. The third-order valence-corrected chi connectivity index (χ3v) is 2.76. The summed E-state index contributed by atoms with van der Waals surface area (Å²) < 4.78 is 7.42. The van der Waals surface area contributed by atoms with Crippen LogP contribution >= 0.6 is 0 Å². The van der Waals surface area contributed by atoms with Gasteiger partial charge in [0.05, 0.1) is 7.11 Å². The third kappa shape index (κ3) is 1.09. The molecular formula is C11H12N2O. The van der Waals surface area contributed by atoms with Gasteiger partial charge < -0.3 is 9.14 Å². The van der Waals surface area contributed by atoms with E-state index in [1.54, 1.807) is 7.11 Å². The Balaban J connectivity index is 2.23. The fourth-order valence-electron chi connectivity index (χ4n) is 1.84. The molecule has 3 nitrogen and oxygen atoms in total. The van der Waals surface area contributed by atoms with E-state index in [0.717, 1.165) is 11.4 Å². The highest BCUT2D eigenvalue weighted by Gasteiger charge is 2.27. The van der Waals surface area contributed by atoms with Gasteiger partial charge in [0.2, 0.25) is 0 Å². The molecule has 0 atom stereocenters. The van der Waals surface area contributed by atoms with Crippen LogP contribution in [0.15, 0.2) is 24.7 Å². The van der Waals surface area contributed by atoms with Crippen LogP contribution in [0.3, 0.4) is 0 Å². The van der Waals surface area contributed by atoms with Gasteiger partial charge in [-0.2, -0.15) is 0 Å². The first kappa shape index (κ1) is 7.85. The number of fused-ring (bicyclic) bond motifs is 1. The number of pyridine rings is 1. The molecule has 0 N–H and O–H groups in total. The highest BCUT2D eigenvalue weighted by molar-refractivity contribution is 5.50. The molecule has 3 rings (SSSR count). The van der Waals surface area contributed by atoms with E-state index in [1.165, 1.54) is 18.4 Å². The largest absolute Gasteiger partial charge is 0.496 e. The molecule has 72 valence electrons. The first-order chi connectivity index (χ1) is 6.88. The maximum Gasteiger partial charge on any atom is 0.140 e. The van der Waals surface area contributed by atoms with Gasteiger partial charge in [-0.1, -0.05) is 0 Å². The molecule has 0 radical (unpaired) electrons. The maximum absolute atomic E-state index is 5.37. The monoisotopic (exact) mass is 188 g/mol. The summed E-state index contributed by atoms with van der Waals surface area (Å²) >= 11 is 0. The van der Waals surface area contributed by atoms with Crippen LogP contribution in [0.5, 0.6) is 5.75 Å². The fraction of sp³-hybridized carbons (Fsp3) is 0.364. The van der Waals surface area contributed by atoms with Crippen molar-refractivity contribution < 1.29 is 4.74 Å². The summed E-state index contributed by atoms with van der Waals surface area (Å²) in [5.74, 6) is 1.68. The van der Waals surface area contributed by atoms with Gasteiger partial charge in [0.15, 0.2) is 0 Å². The molecule has 14 heavy (non-hydrogen) atoms. The molecule has 0 saturated heterocycles. The van der Waals surface area contributed by atoms with Crippen LogP contribution in [0.25, 0.3) is 5.65 Å². The topological polar surface area (TPSA) is 26.5 Å². The minimum absolute atomic E-state index is 0.705. The Hall–Kier alpha value is -1.51. The molecule has 1 aliphatic rings. The van der Waals surface area contributed by atoms with Crippen LogP contribution in [0.1, 0.15) is 24.3 Å². The molecule has 0 aromatic carbocycles. The van der Waals surface area contributed by atoms with Crippen molar-refractivity contribution in [1.82, 2.24) is 9.38 Å². The van der Waals surface area contributed by atoms with Gasteiger partial charge in [-0.15, -0.1) is 0 Å². The van der Waals surface area contributed by atoms with E-state index in [2.05, 4.69) is 15.6 Å². The van der Waals surface area contributed by atoms with Crippen LogP contribution in [0.4, 0.5) is 0 Å². The quantitative estimate of drug-likeness (QED) is 0.722. The van der Waals surface area contributed by atoms with Gasteiger partial charge in [0.25, 0.3) is 0 Å².